The zero-order valence-electron chi connectivity index (χ0n) is 12.5. The summed E-state index contributed by atoms with van der Waals surface area (Å²) in [6, 6.07) is 8.12. The Morgan fingerprint density at radius 1 is 1.32 bits per heavy atom. The summed E-state index contributed by atoms with van der Waals surface area (Å²) in [4.78, 5) is 0. The first-order valence-electron chi connectivity index (χ1n) is 7.07. The summed E-state index contributed by atoms with van der Waals surface area (Å²) in [5, 5.41) is 9.99. The van der Waals surface area contributed by atoms with Gasteiger partial charge in [0.15, 0.2) is 0 Å². The van der Waals surface area contributed by atoms with E-state index >= 15 is 0 Å². The Bertz CT molecular complexity index is 390. The average molecular weight is 265 g/mol. The Morgan fingerprint density at radius 2 is 1.95 bits per heavy atom. The Kier molecular flexibility index (Phi) is 5.83. The van der Waals surface area contributed by atoms with Gasteiger partial charge in [0.2, 0.25) is 0 Å². The molecule has 1 aromatic rings. The van der Waals surface area contributed by atoms with Crippen LogP contribution in [0.25, 0.3) is 0 Å². The van der Waals surface area contributed by atoms with Gasteiger partial charge in [0.05, 0.1) is 11.7 Å². The van der Waals surface area contributed by atoms with Gasteiger partial charge < -0.3 is 15.6 Å². The molecule has 3 heteroatoms. The van der Waals surface area contributed by atoms with Crippen molar-refractivity contribution in [3.05, 3.63) is 29.8 Å². The van der Waals surface area contributed by atoms with E-state index in [-0.39, 0.29) is 12.6 Å². The molecule has 0 aliphatic carbocycles. The Morgan fingerprint density at radius 3 is 2.53 bits per heavy atom. The third kappa shape index (κ3) is 4.84. The predicted octanol–water partition coefficient (Wildman–Crippen LogP) is 3.07. The molecule has 0 amide bonds. The van der Waals surface area contributed by atoms with Gasteiger partial charge in [0.1, 0.15) is 5.75 Å². The van der Waals surface area contributed by atoms with E-state index in [1.807, 2.05) is 25.1 Å². The van der Waals surface area contributed by atoms with Crippen LogP contribution in [0.4, 0.5) is 0 Å². The van der Waals surface area contributed by atoms with E-state index < -0.39 is 5.60 Å². The lowest BCUT2D eigenvalue weighted by Crippen LogP contribution is -2.38. The molecular formula is C16H27NO2. The van der Waals surface area contributed by atoms with Crippen molar-refractivity contribution in [1.82, 2.24) is 0 Å². The highest BCUT2D eigenvalue weighted by Gasteiger charge is 2.23. The average Bonchev–Trinajstić information content (AvgIpc) is 2.37. The smallest absolute Gasteiger partial charge is 0.123 e. The van der Waals surface area contributed by atoms with Crippen molar-refractivity contribution >= 4 is 0 Å². The van der Waals surface area contributed by atoms with Crippen molar-refractivity contribution in [2.75, 3.05) is 6.54 Å². The molecule has 1 aromatic carbocycles. The molecule has 0 aliphatic heterocycles. The lowest BCUT2D eigenvalue weighted by Gasteiger charge is -2.27. The SMILES string of the molecule is CCC(C)c1ccccc1OC(C)CC(C)(O)CN. The van der Waals surface area contributed by atoms with E-state index in [4.69, 9.17) is 10.5 Å². The van der Waals surface area contributed by atoms with Crippen molar-refractivity contribution in [2.45, 2.75) is 58.2 Å². The summed E-state index contributed by atoms with van der Waals surface area (Å²) in [7, 11) is 0. The Balaban J connectivity index is 2.76. The van der Waals surface area contributed by atoms with Crippen molar-refractivity contribution in [3.8, 4) is 5.75 Å². The summed E-state index contributed by atoms with van der Waals surface area (Å²) in [6.45, 7) is 8.33. The fourth-order valence-corrected chi connectivity index (χ4v) is 2.18. The summed E-state index contributed by atoms with van der Waals surface area (Å²) in [5.41, 5.74) is 5.90. The molecular weight excluding hydrogens is 238 g/mol. The maximum Gasteiger partial charge on any atom is 0.123 e. The highest BCUT2D eigenvalue weighted by Crippen LogP contribution is 2.30. The van der Waals surface area contributed by atoms with Gasteiger partial charge in [-0.05, 0) is 37.8 Å². The normalized spacial score (nSPS) is 17.6. The first-order chi connectivity index (χ1) is 8.89. The van der Waals surface area contributed by atoms with E-state index in [1.165, 1.54) is 5.56 Å². The molecule has 1 rings (SSSR count). The summed E-state index contributed by atoms with van der Waals surface area (Å²) >= 11 is 0. The molecule has 19 heavy (non-hydrogen) atoms. The van der Waals surface area contributed by atoms with Crippen LogP contribution >= 0.6 is 0 Å². The van der Waals surface area contributed by atoms with E-state index in [9.17, 15) is 5.11 Å². The number of ether oxygens (including phenoxy) is 1. The van der Waals surface area contributed by atoms with Gasteiger partial charge in [-0.3, -0.25) is 0 Å². The molecule has 0 heterocycles. The van der Waals surface area contributed by atoms with Crippen molar-refractivity contribution < 1.29 is 9.84 Å². The second kappa shape index (κ2) is 6.92. The van der Waals surface area contributed by atoms with Gasteiger partial charge in [-0.2, -0.15) is 0 Å². The van der Waals surface area contributed by atoms with E-state index in [0.717, 1.165) is 12.2 Å². The van der Waals surface area contributed by atoms with Crippen LogP contribution in [0.1, 0.15) is 52.0 Å². The molecule has 0 bridgehead atoms. The zero-order valence-corrected chi connectivity index (χ0v) is 12.5. The third-order valence-electron chi connectivity index (χ3n) is 3.56. The fraction of sp³-hybridized carbons (Fsp3) is 0.625. The molecule has 0 saturated carbocycles. The Hall–Kier alpha value is -1.06. The van der Waals surface area contributed by atoms with Gasteiger partial charge >= 0.3 is 0 Å². The van der Waals surface area contributed by atoms with Gasteiger partial charge in [0.25, 0.3) is 0 Å². The minimum absolute atomic E-state index is 0.0660. The van der Waals surface area contributed by atoms with Crippen LogP contribution < -0.4 is 10.5 Å². The molecule has 0 aliphatic rings. The minimum Gasteiger partial charge on any atom is -0.490 e. The second-order valence-electron chi connectivity index (χ2n) is 5.68. The number of nitrogens with two attached hydrogens (primary N) is 1. The molecule has 0 spiro atoms. The number of para-hydroxylation sites is 1. The largest absolute Gasteiger partial charge is 0.490 e. The molecule has 3 atom stereocenters. The minimum atomic E-state index is -0.870. The van der Waals surface area contributed by atoms with Crippen molar-refractivity contribution in [2.24, 2.45) is 5.73 Å². The molecule has 3 N–H and O–H groups in total. The van der Waals surface area contributed by atoms with Gasteiger partial charge in [-0.25, -0.2) is 0 Å². The monoisotopic (exact) mass is 265 g/mol. The summed E-state index contributed by atoms with van der Waals surface area (Å²) < 4.78 is 5.99. The van der Waals surface area contributed by atoms with Crippen LogP contribution in [0.3, 0.4) is 0 Å². The van der Waals surface area contributed by atoms with Crippen LogP contribution in [0, 0.1) is 0 Å². The maximum absolute atomic E-state index is 9.99. The topological polar surface area (TPSA) is 55.5 Å². The highest BCUT2D eigenvalue weighted by molar-refractivity contribution is 5.36. The first kappa shape index (κ1) is 16.0. The number of hydrogen-bond donors (Lipinski definition) is 2. The number of benzene rings is 1. The van der Waals surface area contributed by atoms with Gasteiger partial charge in [-0.1, -0.05) is 32.0 Å². The van der Waals surface area contributed by atoms with Crippen LogP contribution in [0.15, 0.2) is 24.3 Å². The predicted molar refractivity (Wildman–Crippen MR) is 79.5 cm³/mol. The van der Waals surface area contributed by atoms with Crippen LogP contribution in [-0.2, 0) is 0 Å². The van der Waals surface area contributed by atoms with E-state index in [2.05, 4.69) is 19.9 Å². The summed E-state index contributed by atoms with van der Waals surface area (Å²) in [5.74, 6) is 1.38. The van der Waals surface area contributed by atoms with Gasteiger partial charge in [0, 0.05) is 13.0 Å². The maximum atomic E-state index is 9.99. The van der Waals surface area contributed by atoms with Crippen LogP contribution in [-0.4, -0.2) is 23.4 Å². The molecule has 0 fully saturated rings. The quantitative estimate of drug-likeness (QED) is 0.796. The molecule has 108 valence electrons. The standard InChI is InChI=1S/C16H27NO2/c1-5-12(2)14-8-6-7-9-15(14)19-13(3)10-16(4,18)11-17/h6-9,12-13,18H,5,10-11,17H2,1-4H3. The summed E-state index contributed by atoms with van der Waals surface area (Å²) in [6.07, 6.45) is 1.54. The Labute approximate surface area is 116 Å². The second-order valence-corrected chi connectivity index (χ2v) is 5.68. The van der Waals surface area contributed by atoms with Crippen molar-refractivity contribution in [3.63, 3.8) is 0 Å². The van der Waals surface area contributed by atoms with Crippen LogP contribution in [0.5, 0.6) is 5.75 Å². The lowest BCUT2D eigenvalue weighted by atomic mass is 9.97. The molecule has 0 aromatic heterocycles. The van der Waals surface area contributed by atoms with E-state index in [1.54, 1.807) is 6.92 Å². The fourth-order valence-electron chi connectivity index (χ4n) is 2.18. The zero-order chi connectivity index (χ0) is 14.5. The number of hydrogen-bond acceptors (Lipinski definition) is 3. The van der Waals surface area contributed by atoms with Crippen LogP contribution in [0.2, 0.25) is 0 Å². The van der Waals surface area contributed by atoms with Crippen molar-refractivity contribution in [1.29, 1.82) is 0 Å². The molecule has 3 nitrogen and oxygen atoms in total. The van der Waals surface area contributed by atoms with Gasteiger partial charge in [-0.15, -0.1) is 0 Å². The number of rotatable bonds is 7. The molecule has 3 unspecified atom stereocenters. The lowest BCUT2D eigenvalue weighted by molar-refractivity contribution is 0.0234. The third-order valence-corrected chi connectivity index (χ3v) is 3.56. The van der Waals surface area contributed by atoms with E-state index in [0.29, 0.717) is 12.3 Å². The molecule has 0 radical (unpaired) electrons. The molecule has 0 saturated heterocycles. The first-order valence-corrected chi connectivity index (χ1v) is 7.07. The number of aliphatic hydroxyl groups is 1. The highest BCUT2D eigenvalue weighted by atomic mass is 16.5.